The predicted octanol–water partition coefficient (Wildman–Crippen LogP) is 3.95. The van der Waals surface area contributed by atoms with Crippen molar-refractivity contribution in [3.8, 4) is 0 Å². The maximum Gasteiger partial charge on any atom is 0.230 e. The fourth-order valence-corrected chi connectivity index (χ4v) is 3.78. The second-order valence-corrected chi connectivity index (χ2v) is 7.35. The standard InChI is InChI=1S/C18H19N3OS2/c22-17(19-11-6-12-23-14-7-2-1-3-8-14)13-24-18-20-15-9-4-5-10-16(15)21-18/h1-5,7-10H,6,11-13H2,(H,19,22)(H,20,21). The zero-order valence-electron chi connectivity index (χ0n) is 13.2. The van der Waals surface area contributed by atoms with Crippen LogP contribution < -0.4 is 5.32 Å². The monoisotopic (exact) mass is 357 g/mol. The molecular weight excluding hydrogens is 338 g/mol. The van der Waals surface area contributed by atoms with Crippen molar-refractivity contribution in [3.63, 3.8) is 0 Å². The smallest absolute Gasteiger partial charge is 0.230 e. The number of thioether (sulfide) groups is 2. The number of imidazole rings is 1. The van der Waals surface area contributed by atoms with E-state index in [0.29, 0.717) is 12.3 Å². The molecule has 0 unspecified atom stereocenters. The number of nitrogens with zero attached hydrogens (tertiary/aromatic N) is 1. The van der Waals surface area contributed by atoms with Gasteiger partial charge in [-0.15, -0.1) is 11.8 Å². The van der Waals surface area contributed by atoms with Crippen molar-refractivity contribution in [1.82, 2.24) is 15.3 Å². The van der Waals surface area contributed by atoms with Crippen molar-refractivity contribution >= 4 is 40.5 Å². The van der Waals surface area contributed by atoms with Crippen molar-refractivity contribution < 1.29 is 4.79 Å². The predicted molar refractivity (Wildman–Crippen MR) is 102 cm³/mol. The van der Waals surface area contributed by atoms with Crippen molar-refractivity contribution in [2.24, 2.45) is 0 Å². The molecule has 1 heterocycles. The van der Waals surface area contributed by atoms with Gasteiger partial charge in [-0.25, -0.2) is 4.98 Å². The van der Waals surface area contributed by atoms with Crippen LogP contribution in [0.5, 0.6) is 0 Å². The van der Waals surface area contributed by atoms with Gasteiger partial charge in [0.05, 0.1) is 16.8 Å². The Hall–Kier alpha value is -1.92. The Bertz CT molecular complexity index is 756. The summed E-state index contributed by atoms with van der Waals surface area (Å²) in [5.74, 6) is 1.43. The van der Waals surface area contributed by atoms with Crippen LogP contribution in [0.3, 0.4) is 0 Å². The van der Waals surface area contributed by atoms with Crippen LogP contribution >= 0.6 is 23.5 Å². The van der Waals surface area contributed by atoms with E-state index >= 15 is 0 Å². The van der Waals surface area contributed by atoms with Gasteiger partial charge in [0.2, 0.25) is 5.91 Å². The molecule has 0 atom stereocenters. The van der Waals surface area contributed by atoms with E-state index in [9.17, 15) is 4.79 Å². The van der Waals surface area contributed by atoms with E-state index < -0.39 is 0 Å². The highest BCUT2D eigenvalue weighted by atomic mass is 32.2. The summed E-state index contributed by atoms with van der Waals surface area (Å²) in [5, 5.41) is 3.74. The van der Waals surface area contributed by atoms with Gasteiger partial charge in [0.15, 0.2) is 5.16 Å². The number of aromatic nitrogens is 2. The minimum absolute atomic E-state index is 0.0465. The number of para-hydroxylation sites is 2. The number of H-pyrrole nitrogens is 1. The molecule has 2 aromatic carbocycles. The molecule has 1 aromatic heterocycles. The molecule has 124 valence electrons. The fraction of sp³-hybridized carbons (Fsp3) is 0.222. The number of nitrogens with one attached hydrogen (secondary N) is 2. The maximum absolute atomic E-state index is 11.9. The molecule has 0 saturated heterocycles. The van der Waals surface area contributed by atoms with Gasteiger partial charge in [0.25, 0.3) is 0 Å². The highest BCUT2D eigenvalue weighted by Crippen LogP contribution is 2.19. The molecule has 0 aliphatic rings. The number of carbonyl (C=O) groups is 1. The Morgan fingerprint density at radius 2 is 1.83 bits per heavy atom. The Morgan fingerprint density at radius 1 is 1.04 bits per heavy atom. The molecule has 0 bridgehead atoms. The molecule has 0 fully saturated rings. The fourth-order valence-electron chi connectivity index (χ4n) is 2.19. The first-order chi connectivity index (χ1) is 11.8. The van der Waals surface area contributed by atoms with E-state index in [0.717, 1.165) is 28.4 Å². The first-order valence-electron chi connectivity index (χ1n) is 7.83. The summed E-state index contributed by atoms with van der Waals surface area (Å²) in [7, 11) is 0. The van der Waals surface area contributed by atoms with Gasteiger partial charge >= 0.3 is 0 Å². The van der Waals surface area contributed by atoms with Crippen LogP contribution in [0.1, 0.15) is 6.42 Å². The molecule has 0 radical (unpaired) electrons. The Balaban J connectivity index is 1.32. The summed E-state index contributed by atoms with van der Waals surface area (Å²) in [6, 6.07) is 18.2. The Morgan fingerprint density at radius 3 is 2.67 bits per heavy atom. The lowest BCUT2D eigenvalue weighted by molar-refractivity contribution is -0.118. The topological polar surface area (TPSA) is 57.8 Å². The minimum atomic E-state index is 0.0465. The van der Waals surface area contributed by atoms with Gasteiger partial charge in [0, 0.05) is 11.4 Å². The van der Waals surface area contributed by atoms with Crippen LogP contribution in [0.15, 0.2) is 64.6 Å². The van der Waals surface area contributed by atoms with Crippen molar-refractivity contribution in [3.05, 3.63) is 54.6 Å². The second-order valence-electron chi connectivity index (χ2n) is 5.21. The van der Waals surface area contributed by atoms with Crippen LogP contribution in [0.2, 0.25) is 0 Å². The van der Waals surface area contributed by atoms with Crippen LogP contribution in [0.4, 0.5) is 0 Å². The van der Waals surface area contributed by atoms with Gasteiger partial charge in [-0.05, 0) is 36.4 Å². The number of fused-ring (bicyclic) bond motifs is 1. The molecule has 3 aromatic rings. The van der Waals surface area contributed by atoms with Crippen molar-refractivity contribution in [2.45, 2.75) is 16.5 Å². The summed E-state index contributed by atoms with van der Waals surface area (Å²) in [4.78, 5) is 20.8. The SMILES string of the molecule is O=C(CSc1nc2ccccc2[nH]1)NCCCSc1ccccc1. The molecule has 24 heavy (non-hydrogen) atoms. The molecule has 3 rings (SSSR count). The largest absolute Gasteiger partial charge is 0.355 e. The Kier molecular flexibility index (Phi) is 6.20. The molecule has 2 N–H and O–H groups in total. The highest BCUT2D eigenvalue weighted by Gasteiger charge is 2.06. The van der Waals surface area contributed by atoms with Gasteiger partial charge in [-0.2, -0.15) is 0 Å². The third-order valence-electron chi connectivity index (χ3n) is 3.36. The van der Waals surface area contributed by atoms with Crippen LogP contribution in [-0.4, -0.2) is 33.9 Å². The number of hydrogen-bond acceptors (Lipinski definition) is 4. The van der Waals surface area contributed by atoms with Crippen LogP contribution in [-0.2, 0) is 4.79 Å². The van der Waals surface area contributed by atoms with E-state index in [-0.39, 0.29) is 5.91 Å². The first kappa shape index (κ1) is 16.9. The second kappa shape index (κ2) is 8.80. The quantitative estimate of drug-likeness (QED) is 0.473. The Labute approximate surface area is 149 Å². The van der Waals surface area contributed by atoms with Crippen molar-refractivity contribution in [1.29, 1.82) is 0 Å². The molecule has 0 aliphatic carbocycles. The zero-order chi connectivity index (χ0) is 16.6. The maximum atomic E-state index is 11.9. The summed E-state index contributed by atoms with van der Waals surface area (Å²) < 4.78 is 0. The van der Waals surface area contributed by atoms with Gasteiger partial charge in [-0.3, -0.25) is 4.79 Å². The molecular formula is C18H19N3OS2. The number of benzene rings is 2. The lowest BCUT2D eigenvalue weighted by atomic mass is 10.3. The van der Waals surface area contributed by atoms with E-state index in [4.69, 9.17) is 0 Å². The van der Waals surface area contributed by atoms with Gasteiger partial charge in [0.1, 0.15) is 0 Å². The zero-order valence-corrected chi connectivity index (χ0v) is 14.8. The number of hydrogen-bond donors (Lipinski definition) is 2. The van der Waals surface area contributed by atoms with Gasteiger partial charge < -0.3 is 10.3 Å². The van der Waals surface area contributed by atoms with E-state index in [1.54, 1.807) is 0 Å². The average molecular weight is 358 g/mol. The number of carbonyl (C=O) groups excluding carboxylic acids is 1. The number of aromatic amines is 1. The van der Waals surface area contributed by atoms with E-state index in [1.807, 2.05) is 54.2 Å². The van der Waals surface area contributed by atoms with E-state index in [2.05, 4.69) is 27.4 Å². The molecule has 4 nitrogen and oxygen atoms in total. The molecule has 0 spiro atoms. The average Bonchev–Trinajstić information content (AvgIpc) is 3.03. The molecule has 1 amide bonds. The molecule has 0 saturated carbocycles. The van der Waals surface area contributed by atoms with E-state index in [1.165, 1.54) is 16.7 Å². The van der Waals surface area contributed by atoms with Crippen molar-refractivity contribution in [2.75, 3.05) is 18.1 Å². The first-order valence-corrected chi connectivity index (χ1v) is 9.80. The summed E-state index contributed by atoms with van der Waals surface area (Å²) in [6.07, 6.45) is 0.959. The third-order valence-corrected chi connectivity index (χ3v) is 5.33. The summed E-state index contributed by atoms with van der Waals surface area (Å²) in [6.45, 7) is 0.708. The highest BCUT2D eigenvalue weighted by molar-refractivity contribution is 7.99. The summed E-state index contributed by atoms with van der Waals surface area (Å²) >= 11 is 3.24. The third kappa shape index (κ3) is 5.04. The molecule has 6 heteroatoms. The normalized spacial score (nSPS) is 10.8. The lowest BCUT2D eigenvalue weighted by Crippen LogP contribution is -2.26. The molecule has 0 aliphatic heterocycles. The van der Waals surface area contributed by atoms with Gasteiger partial charge in [-0.1, -0.05) is 42.1 Å². The number of amides is 1. The summed E-state index contributed by atoms with van der Waals surface area (Å²) in [5.41, 5.74) is 1.93. The number of rotatable bonds is 8. The minimum Gasteiger partial charge on any atom is -0.355 e. The van der Waals surface area contributed by atoms with Crippen LogP contribution in [0, 0.1) is 0 Å². The van der Waals surface area contributed by atoms with Crippen LogP contribution in [0.25, 0.3) is 11.0 Å². The lowest BCUT2D eigenvalue weighted by Gasteiger charge is -2.04.